The van der Waals surface area contributed by atoms with Crippen LogP contribution in [0.3, 0.4) is 0 Å². The minimum Gasteiger partial charge on any atom is -0.494 e. The number of carbonyl (C=O) groups is 2. The Hall–Kier alpha value is -2.08. The maximum absolute atomic E-state index is 11.9. The molecule has 1 rings (SSSR count). The number of hydrogen-bond acceptors (Lipinski definition) is 5. The Morgan fingerprint density at radius 2 is 1.95 bits per heavy atom. The second-order valence-corrected chi connectivity index (χ2v) is 4.50. The molecule has 1 atom stereocenters. The number of carbonyl (C=O) groups excluding carboxylic acids is 2. The van der Waals surface area contributed by atoms with Crippen LogP contribution in [0.15, 0.2) is 30.3 Å². The summed E-state index contributed by atoms with van der Waals surface area (Å²) >= 11 is 0. The number of amides is 1. The molecule has 0 spiro atoms. The normalized spacial score (nSPS) is 11.6. The molecule has 6 nitrogen and oxygen atoms in total. The largest absolute Gasteiger partial charge is 0.494 e. The van der Waals surface area contributed by atoms with Crippen LogP contribution in [0, 0.1) is 0 Å². The summed E-state index contributed by atoms with van der Waals surface area (Å²) in [4.78, 5) is 24.7. The fourth-order valence-corrected chi connectivity index (χ4v) is 1.69. The standard InChI is InChI=1S/C15H22N2O4/c1-3-20-15(19)13(16)14(18)17(2)10-7-11-21-12-8-5-4-6-9-12/h4-6,8-9,13H,3,7,10-11,16H2,1-2H3. The third-order valence-corrected chi connectivity index (χ3v) is 2.83. The van der Waals surface area contributed by atoms with Crippen molar-refractivity contribution in [3.05, 3.63) is 30.3 Å². The molecule has 6 heteroatoms. The molecular formula is C15H22N2O4. The van der Waals surface area contributed by atoms with Crippen molar-refractivity contribution in [2.24, 2.45) is 5.73 Å². The van der Waals surface area contributed by atoms with E-state index in [2.05, 4.69) is 0 Å². The highest BCUT2D eigenvalue weighted by Gasteiger charge is 2.26. The van der Waals surface area contributed by atoms with Gasteiger partial charge in [0, 0.05) is 13.6 Å². The van der Waals surface area contributed by atoms with E-state index in [-0.39, 0.29) is 6.61 Å². The number of likely N-dealkylation sites (N-methyl/N-ethyl adjacent to an activating group) is 1. The monoisotopic (exact) mass is 294 g/mol. The van der Waals surface area contributed by atoms with Crippen LogP contribution in [0.2, 0.25) is 0 Å². The number of para-hydroxylation sites is 1. The number of nitrogens with zero attached hydrogens (tertiary/aromatic N) is 1. The van der Waals surface area contributed by atoms with Crippen molar-refractivity contribution in [1.29, 1.82) is 0 Å². The topological polar surface area (TPSA) is 81.9 Å². The van der Waals surface area contributed by atoms with Crippen molar-refractivity contribution in [1.82, 2.24) is 4.90 Å². The molecule has 1 aromatic rings. The molecule has 0 aliphatic heterocycles. The third-order valence-electron chi connectivity index (χ3n) is 2.83. The zero-order valence-electron chi connectivity index (χ0n) is 12.5. The van der Waals surface area contributed by atoms with Crippen molar-refractivity contribution in [2.75, 3.05) is 26.8 Å². The Morgan fingerprint density at radius 3 is 2.57 bits per heavy atom. The second-order valence-electron chi connectivity index (χ2n) is 4.50. The quantitative estimate of drug-likeness (QED) is 0.436. The zero-order chi connectivity index (χ0) is 15.7. The van der Waals surface area contributed by atoms with Crippen molar-refractivity contribution in [3.8, 4) is 5.75 Å². The smallest absolute Gasteiger partial charge is 0.332 e. The van der Waals surface area contributed by atoms with E-state index >= 15 is 0 Å². The minimum absolute atomic E-state index is 0.203. The number of rotatable bonds is 8. The Bertz CT molecular complexity index is 450. The van der Waals surface area contributed by atoms with E-state index in [0.717, 1.165) is 5.75 Å². The number of hydrogen-bond donors (Lipinski definition) is 1. The first kappa shape index (κ1) is 17.0. The molecular weight excluding hydrogens is 272 g/mol. The van der Waals surface area contributed by atoms with Crippen LogP contribution in [0.25, 0.3) is 0 Å². The highest BCUT2D eigenvalue weighted by atomic mass is 16.5. The Kier molecular flexibility index (Phi) is 7.25. The first-order valence-electron chi connectivity index (χ1n) is 6.91. The van der Waals surface area contributed by atoms with Gasteiger partial charge in [-0.05, 0) is 25.5 Å². The highest BCUT2D eigenvalue weighted by Crippen LogP contribution is 2.08. The number of ether oxygens (including phenoxy) is 2. The first-order valence-corrected chi connectivity index (χ1v) is 6.91. The molecule has 0 heterocycles. The van der Waals surface area contributed by atoms with Crippen LogP contribution >= 0.6 is 0 Å². The van der Waals surface area contributed by atoms with E-state index < -0.39 is 17.9 Å². The van der Waals surface area contributed by atoms with Gasteiger partial charge in [0.15, 0.2) is 6.04 Å². The van der Waals surface area contributed by atoms with Gasteiger partial charge in [0.2, 0.25) is 0 Å². The predicted molar refractivity (Wildman–Crippen MR) is 78.8 cm³/mol. The highest BCUT2D eigenvalue weighted by molar-refractivity contribution is 6.01. The fraction of sp³-hybridized carbons (Fsp3) is 0.467. The Balaban J connectivity index is 2.28. The average molecular weight is 294 g/mol. The molecule has 0 aromatic heterocycles. The van der Waals surface area contributed by atoms with Gasteiger partial charge < -0.3 is 20.1 Å². The molecule has 1 amide bonds. The van der Waals surface area contributed by atoms with Crippen LogP contribution < -0.4 is 10.5 Å². The van der Waals surface area contributed by atoms with E-state index in [1.54, 1.807) is 14.0 Å². The van der Waals surface area contributed by atoms with Crippen LogP contribution in [-0.2, 0) is 14.3 Å². The second kappa shape index (κ2) is 8.97. The number of esters is 1. The summed E-state index contributed by atoms with van der Waals surface area (Å²) in [6, 6.07) is 8.17. The van der Waals surface area contributed by atoms with Gasteiger partial charge in [-0.1, -0.05) is 18.2 Å². The Morgan fingerprint density at radius 1 is 1.29 bits per heavy atom. The van der Waals surface area contributed by atoms with Crippen LogP contribution in [0.1, 0.15) is 13.3 Å². The first-order chi connectivity index (χ1) is 10.1. The molecule has 0 saturated heterocycles. The number of benzene rings is 1. The van der Waals surface area contributed by atoms with Gasteiger partial charge in [-0.3, -0.25) is 4.79 Å². The molecule has 0 fully saturated rings. The van der Waals surface area contributed by atoms with Crippen LogP contribution in [0.5, 0.6) is 5.75 Å². The molecule has 0 aliphatic rings. The lowest BCUT2D eigenvalue weighted by molar-refractivity contribution is -0.150. The van der Waals surface area contributed by atoms with Crippen LogP contribution in [-0.4, -0.2) is 49.6 Å². The third kappa shape index (κ3) is 5.83. The predicted octanol–water partition coefficient (Wildman–Crippen LogP) is 0.804. The molecule has 0 bridgehead atoms. The van der Waals surface area contributed by atoms with Crippen molar-refractivity contribution < 1.29 is 19.1 Å². The molecule has 1 unspecified atom stereocenters. The molecule has 0 aliphatic carbocycles. The van der Waals surface area contributed by atoms with Crippen LogP contribution in [0.4, 0.5) is 0 Å². The number of nitrogens with two attached hydrogens (primary N) is 1. The molecule has 0 saturated carbocycles. The summed E-state index contributed by atoms with van der Waals surface area (Å²) in [5.74, 6) is -0.363. The average Bonchev–Trinajstić information content (AvgIpc) is 2.51. The molecule has 21 heavy (non-hydrogen) atoms. The summed E-state index contributed by atoms with van der Waals surface area (Å²) in [6.45, 7) is 2.81. The van der Waals surface area contributed by atoms with Crippen molar-refractivity contribution in [3.63, 3.8) is 0 Å². The molecule has 116 valence electrons. The lowest BCUT2D eigenvalue weighted by atomic mass is 10.2. The van der Waals surface area contributed by atoms with E-state index in [0.29, 0.717) is 19.6 Å². The summed E-state index contributed by atoms with van der Waals surface area (Å²) in [5, 5.41) is 0. The van der Waals surface area contributed by atoms with Gasteiger partial charge in [0.05, 0.1) is 13.2 Å². The SMILES string of the molecule is CCOC(=O)C(N)C(=O)N(C)CCCOc1ccccc1. The van der Waals surface area contributed by atoms with Gasteiger partial charge in [-0.2, -0.15) is 0 Å². The lowest BCUT2D eigenvalue weighted by Gasteiger charge is -2.20. The molecule has 2 N–H and O–H groups in total. The van der Waals surface area contributed by atoms with E-state index in [1.165, 1.54) is 4.90 Å². The van der Waals surface area contributed by atoms with Crippen molar-refractivity contribution in [2.45, 2.75) is 19.4 Å². The lowest BCUT2D eigenvalue weighted by Crippen LogP contribution is -2.47. The summed E-state index contributed by atoms with van der Waals surface area (Å²) in [7, 11) is 1.60. The Labute approximate surface area is 124 Å². The van der Waals surface area contributed by atoms with Gasteiger partial charge >= 0.3 is 5.97 Å². The van der Waals surface area contributed by atoms with Gasteiger partial charge in [-0.15, -0.1) is 0 Å². The maximum atomic E-state index is 11.9. The van der Waals surface area contributed by atoms with Gasteiger partial charge in [0.25, 0.3) is 5.91 Å². The van der Waals surface area contributed by atoms with Crippen molar-refractivity contribution >= 4 is 11.9 Å². The van der Waals surface area contributed by atoms with Gasteiger partial charge in [-0.25, -0.2) is 4.79 Å². The van der Waals surface area contributed by atoms with Gasteiger partial charge in [0.1, 0.15) is 5.75 Å². The maximum Gasteiger partial charge on any atom is 0.332 e. The molecule has 1 aromatic carbocycles. The fourth-order valence-electron chi connectivity index (χ4n) is 1.69. The van der Waals surface area contributed by atoms with E-state index in [1.807, 2.05) is 30.3 Å². The summed E-state index contributed by atoms with van der Waals surface area (Å²) < 4.78 is 10.2. The summed E-state index contributed by atoms with van der Waals surface area (Å²) in [6.07, 6.45) is 0.646. The summed E-state index contributed by atoms with van der Waals surface area (Å²) in [5.41, 5.74) is 5.55. The zero-order valence-corrected chi connectivity index (χ0v) is 12.5. The van der Waals surface area contributed by atoms with E-state index in [9.17, 15) is 9.59 Å². The molecule has 0 radical (unpaired) electrons. The minimum atomic E-state index is -1.26. The van der Waals surface area contributed by atoms with E-state index in [4.69, 9.17) is 15.2 Å².